The number of fused-ring (bicyclic) bond motifs is 11. The van der Waals surface area contributed by atoms with Gasteiger partial charge >= 0.3 is 0 Å². The maximum atomic E-state index is 2.54. The standard InChI is InChI=1S/C58H50/c1-31-13-11-15-39(33(31)3)35-17-19-41-45(23-35)51-27-37(57(5,6)7)25-49-43-21-22-44-48(47(43)29-53(41)55(49)51)30-54-42-20-18-36(40-16-12-14-32(2)34(40)4)24-46(42)52-28-38(58(8,9)10)26-50(44)56(52)54/h11-30H,1-10H3. The van der Waals surface area contributed by atoms with Crippen molar-refractivity contribution in [2.45, 2.75) is 80.1 Å². The van der Waals surface area contributed by atoms with E-state index < -0.39 is 0 Å². The largest absolute Gasteiger partial charge is 0.0614 e. The third kappa shape index (κ3) is 4.88. The Morgan fingerprint density at radius 2 is 0.603 bits per heavy atom. The second kappa shape index (κ2) is 11.8. The molecule has 0 saturated heterocycles. The number of aryl methyl sites for hydroxylation is 2. The monoisotopic (exact) mass is 746 g/mol. The Kier molecular flexibility index (Phi) is 7.16. The SMILES string of the molecule is Cc1cccc(-c2ccc3c(c2)c2cc(C(C)(C)C)cc4c5ccc6c(cc7c8ccc(-c9cccc(C)c9C)cc8c8cc(C(C)(C)C)cc6c87)c5cc3c42)c1C. The Morgan fingerprint density at radius 3 is 0.966 bits per heavy atom. The quantitative estimate of drug-likeness (QED) is 0.155. The van der Waals surface area contributed by atoms with E-state index in [4.69, 9.17) is 0 Å². The van der Waals surface area contributed by atoms with Gasteiger partial charge in [-0.15, -0.1) is 0 Å². The van der Waals surface area contributed by atoms with Gasteiger partial charge in [-0.2, -0.15) is 0 Å². The van der Waals surface area contributed by atoms with Crippen LogP contribution in [0.15, 0.2) is 121 Å². The second-order valence-electron chi connectivity index (χ2n) is 19.5. The van der Waals surface area contributed by atoms with Gasteiger partial charge in [-0.05, 0) is 229 Å². The summed E-state index contributed by atoms with van der Waals surface area (Å²) in [6, 6.07) is 47.8. The van der Waals surface area contributed by atoms with Crippen molar-refractivity contribution in [1.29, 1.82) is 0 Å². The van der Waals surface area contributed by atoms with Gasteiger partial charge in [0.1, 0.15) is 0 Å². The molecule has 11 aromatic rings. The van der Waals surface area contributed by atoms with Gasteiger partial charge in [0.2, 0.25) is 0 Å². The molecule has 0 radical (unpaired) electrons. The Balaban J connectivity index is 1.28. The van der Waals surface area contributed by atoms with E-state index in [-0.39, 0.29) is 10.8 Å². The van der Waals surface area contributed by atoms with Gasteiger partial charge in [0, 0.05) is 0 Å². The highest BCUT2D eigenvalue weighted by molar-refractivity contribution is 6.40. The van der Waals surface area contributed by atoms with Gasteiger partial charge in [0.25, 0.3) is 0 Å². The van der Waals surface area contributed by atoms with Gasteiger partial charge in [-0.3, -0.25) is 0 Å². The van der Waals surface area contributed by atoms with Crippen LogP contribution in [0.4, 0.5) is 0 Å². The fourth-order valence-electron chi connectivity index (χ4n) is 10.3. The van der Waals surface area contributed by atoms with E-state index in [1.165, 1.54) is 142 Å². The maximum Gasteiger partial charge on any atom is -0.00197 e. The average molecular weight is 747 g/mol. The normalized spacial score (nSPS) is 13.0. The van der Waals surface area contributed by atoms with Gasteiger partial charge in [-0.25, -0.2) is 0 Å². The number of rotatable bonds is 2. The van der Waals surface area contributed by atoms with Crippen molar-refractivity contribution in [3.63, 3.8) is 0 Å². The summed E-state index contributed by atoms with van der Waals surface area (Å²) in [6.45, 7) is 23.1. The highest BCUT2D eigenvalue weighted by atomic mass is 14.3. The van der Waals surface area contributed by atoms with Crippen LogP contribution < -0.4 is 0 Å². The summed E-state index contributed by atoms with van der Waals surface area (Å²) in [7, 11) is 0. The first-order valence-corrected chi connectivity index (χ1v) is 21.1. The van der Waals surface area contributed by atoms with Crippen LogP contribution in [0.3, 0.4) is 0 Å². The Labute approximate surface area is 341 Å². The average Bonchev–Trinajstić information content (AvgIpc) is 3.68. The van der Waals surface area contributed by atoms with Crippen LogP contribution in [-0.2, 0) is 10.8 Å². The lowest BCUT2D eigenvalue weighted by molar-refractivity contribution is 0.591. The maximum absolute atomic E-state index is 2.54. The molecule has 0 saturated carbocycles. The summed E-state index contributed by atoms with van der Waals surface area (Å²) in [5.41, 5.74) is 13.3. The minimum absolute atomic E-state index is 0.00120. The molecule has 0 aliphatic carbocycles. The van der Waals surface area contributed by atoms with Crippen molar-refractivity contribution in [3.8, 4) is 22.3 Å². The topological polar surface area (TPSA) is 0 Å². The van der Waals surface area contributed by atoms with E-state index in [9.17, 15) is 0 Å². The van der Waals surface area contributed by atoms with Gasteiger partial charge in [0.05, 0.1) is 0 Å². The van der Waals surface area contributed by atoms with E-state index in [1.807, 2.05) is 0 Å². The van der Waals surface area contributed by atoms with Gasteiger partial charge < -0.3 is 0 Å². The number of benzene rings is 9. The zero-order valence-electron chi connectivity index (χ0n) is 35.5. The van der Waals surface area contributed by atoms with Gasteiger partial charge in [0.15, 0.2) is 0 Å². The molecule has 11 aromatic carbocycles. The summed E-state index contributed by atoms with van der Waals surface area (Å²) in [5, 5.41) is 21.7. The van der Waals surface area contributed by atoms with Crippen molar-refractivity contribution in [2.24, 2.45) is 0 Å². The third-order valence-electron chi connectivity index (χ3n) is 14.0. The highest BCUT2D eigenvalue weighted by Crippen LogP contribution is 2.50. The smallest absolute Gasteiger partial charge is 0.00197 e. The highest BCUT2D eigenvalue weighted by Gasteiger charge is 2.25. The first kappa shape index (κ1) is 35.2. The van der Waals surface area contributed by atoms with Crippen molar-refractivity contribution in [2.75, 3.05) is 0 Å². The van der Waals surface area contributed by atoms with Crippen LogP contribution in [0.5, 0.6) is 0 Å². The van der Waals surface area contributed by atoms with Crippen LogP contribution in [0.25, 0.3) is 108 Å². The summed E-state index contributed by atoms with van der Waals surface area (Å²) >= 11 is 0. The minimum atomic E-state index is -0.00120. The summed E-state index contributed by atoms with van der Waals surface area (Å²) in [5.74, 6) is 0. The molecule has 0 heteroatoms. The first-order valence-electron chi connectivity index (χ1n) is 21.1. The third-order valence-corrected chi connectivity index (χ3v) is 14.0. The molecule has 0 aliphatic heterocycles. The Hall–Kier alpha value is -5.98. The predicted molar refractivity (Wildman–Crippen MR) is 256 cm³/mol. The molecule has 0 N–H and O–H groups in total. The van der Waals surface area contributed by atoms with Crippen LogP contribution in [0.2, 0.25) is 0 Å². The zero-order valence-corrected chi connectivity index (χ0v) is 35.5. The Bertz CT molecular complexity index is 3300. The van der Waals surface area contributed by atoms with Crippen LogP contribution in [0.1, 0.15) is 74.9 Å². The molecule has 0 unspecified atom stereocenters. The van der Waals surface area contributed by atoms with E-state index in [0.717, 1.165) is 0 Å². The molecule has 0 nitrogen and oxygen atoms in total. The molecule has 0 aliphatic rings. The molecular weight excluding hydrogens is 697 g/mol. The lowest BCUT2D eigenvalue weighted by Gasteiger charge is -2.21. The molecule has 58 heavy (non-hydrogen) atoms. The fourth-order valence-corrected chi connectivity index (χ4v) is 10.3. The van der Waals surface area contributed by atoms with Gasteiger partial charge in [-0.1, -0.05) is 114 Å². The van der Waals surface area contributed by atoms with Crippen molar-refractivity contribution >= 4 is 86.2 Å². The number of hydrogen-bond donors (Lipinski definition) is 0. The fraction of sp³-hybridized carbons (Fsp3) is 0.207. The predicted octanol–water partition coefficient (Wildman–Crippen LogP) is 17.0. The molecule has 0 bridgehead atoms. The van der Waals surface area contributed by atoms with Crippen molar-refractivity contribution < 1.29 is 0 Å². The Morgan fingerprint density at radius 1 is 0.293 bits per heavy atom. The second-order valence-corrected chi connectivity index (χ2v) is 19.5. The first-order chi connectivity index (χ1) is 27.7. The molecule has 282 valence electrons. The van der Waals surface area contributed by atoms with Crippen LogP contribution >= 0.6 is 0 Å². The van der Waals surface area contributed by atoms with Crippen molar-refractivity contribution in [1.82, 2.24) is 0 Å². The molecule has 0 amide bonds. The summed E-state index contributed by atoms with van der Waals surface area (Å²) < 4.78 is 0. The van der Waals surface area contributed by atoms with Crippen LogP contribution in [-0.4, -0.2) is 0 Å². The molecule has 11 rings (SSSR count). The molecule has 0 atom stereocenters. The van der Waals surface area contributed by atoms with Crippen LogP contribution in [0, 0.1) is 27.7 Å². The van der Waals surface area contributed by atoms with E-state index in [2.05, 4.69) is 191 Å². The van der Waals surface area contributed by atoms with E-state index >= 15 is 0 Å². The van der Waals surface area contributed by atoms with E-state index in [0.29, 0.717) is 0 Å². The molecule has 0 aromatic heterocycles. The number of hydrogen-bond acceptors (Lipinski definition) is 0. The molecule has 0 heterocycles. The molecule has 0 fully saturated rings. The minimum Gasteiger partial charge on any atom is -0.0614 e. The van der Waals surface area contributed by atoms with Crippen molar-refractivity contribution in [3.05, 3.63) is 155 Å². The molecular formula is C58H50. The summed E-state index contributed by atoms with van der Waals surface area (Å²) in [4.78, 5) is 0. The lowest BCUT2D eigenvalue weighted by Crippen LogP contribution is -2.10. The lowest BCUT2D eigenvalue weighted by atomic mass is 9.83. The van der Waals surface area contributed by atoms with E-state index in [1.54, 1.807) is 0 Å². The summed E-state index contributed by atoms with van der Waals surface area (Å²) in [6.07, 6.45) is 0. The zero-order chi connectivity index (χ0) is 40.2. The molecule has 0 spiro atoms.